The highest BCUT2D eigenvalue weighted by Gasteiger charge is 2.56. The number of urea groups is 1. The van der Waals surface area contributed by atoms with Crippen molar-refractivity contribution in [1.82, 2.24) is 19.6 Å². The van der Waals surface area contributed by atoms with Crippen LogP contribution in [0.4, 0.5) is 4.79 Å². The Morgan fingerprint density at radius 1 is 0.909 bits per heavy atom. The Kier molecular flexibility index (Phi) is 5.83. The Hall–Kier alpha value is -2.93. The molecule has 0 aromatic heterocycles. The molecular formula is C26H32N4O3. The fourth-order valence-electron chi connectivity index (χ4n) is 5.73. The number of carbonyl (C=O) groups excluding carboxylic acids is 3. The summed E-state index contributed by atoms with van der Waals surface area (Å²) in [5, 5.41) is 2.51. The second-order valence-corrected chi connectivity index (χ2v) is 9.62. The minimum Gasteiger partial charge on any atom is -0.339 e. The SMILES string of the molecule is CN1C(=O)N(CC(=O)N2CCN(Cc3cccc4ccccc34)CC2)C(=O)C12CCCCC2. The molecule has 3 aliphatic rings. The molecular weight excluding hydrogens is 416 g/mol. The van der Waals surface area contributed by atoms with E-state index in [-0.39, 0.29) is 24.4 Å². The predicted molar refractivity (Wildman–Crippen MR) is 126 cm³/mol. The summed E-state index contributed by atoms with van der Waals surface area (Å²) in [7, 11) is 1.71. The number of nitrogens with zero attached hydrogens (tertiary/aromatic N) is 4. The quantitative estimate of drug-likeness (QED) is 0.675. The van der Waals surface area contributed by atoms with Gasteiger partial charge in [-0.3, -0.25) is 19.4 Å². The highest BCUT2D eigenvalue weighted by molar-refractivity contribution is 6.09. The van der Waals surface area contributed by atoms with Crippen molar-refractivity contribution in [2.24, 2.45) is 0 Å². The molecule has 0 N–H and O–H groups in total. The van der Waals surface area contributed by atoms with Gasteiger partial charge in [0, 0.05) is 39.8 Å². The molecule has 2 aliphatic heterocycles. The molecule has 0 bridgehead atoms. The van der Waals surface area contributed by atoms with Crippen molar-refractivity contribution in [2.75, 3.05) is 39.8 Å². The van der Waals surface area contributed by atoms with Gasteiger partial charge in [0.1, 0.15) is 12.1 Å². The first kappa shape index (κ1) is 21.9. The van der Waals surface area contributed by atoms with Crippen molar-refractivity contribution in [1.29, 1.82) is 0 Å². The maximum Gasteiger partial charge on any atom is 0.327 e. The molecule has 2 aromatic rings. The first-order valence-corrected chi connectivity index (χ1v) is 12.1. The van der Waals surface area contributed by atoms with Crippen LogP contribution in [0, 0.1) is 0 Å². The molecule has 1 aliphatic carbocycles. The molecule has 2 aromatic carbocycles. The summed E-state index contributed by atoms with van der Waals surface area (Å²) >= 11 is 0. The van der Waals surface area contributed by atoms with Crippen LogP contribution in [0.2, 0.25) is 0 Å². The lowest BCUT2D eigenvalue weighted by Crippen LogP contribution is -2.52. The van der Waals surface area contributed by atoms with Gasteiger partial charge < -0.3 is 9.80 Å². The van der Waals surface area contributed by atoms with Crippen LogP contribution in [0.3, 0.4) is 0 Å². The lowest BCUT2D eigenvalue weighted by atomic mass is 9.81. The first-order chi connectivity index (χ1) is 16.0. The number of benzene rings is 2. The maximum atomic E-state index is 13.2. The Labute approximate surface area is 194 Å². The number of imide groups is 1. The minimum atomic E-state index is -0.729. The fraction of sp³-hybridized carbons (Fsp3) is 0.500. The van der Waals surface area contributed by atoms with Gasteiger partial charge in [0.2, 0.25) is 5.91 Å². The number of piperazine rings is 1. The molecule has 5 rings (SSSR count). The van der Waals surface area contributed by atoms with Gasteiger partial charge in [0.05, 0.1) is 0 Å². The average Bonchev–Trinajstić information content (AvgIpc) is 3.01. The number of hydrogen-bond donors (Lipinski definition) is 0. The summed E-state index contributed by atoms with van der Waals surface area (Å²) in [5.74, 6) is -0.319. The maximum absolute atomic E-state index is 13.2. The minimum absolute atomic E-state index is 0.136. The van der Waals surface area contributed by atoms with Crippen molar-refractivity contribution in [3.8, 4) is 0 Å². The van der Waals surface area contributed by atoms with Gasteiger partial charge in [-0.25, -0.2) is 4.79 Å². The Balaban J connectivity index is 1.19. The van der Waals surface area contributed by atoms with Crippen molar-refractivity contribution in [2.45, 2.75) is 44.2 Å². The van der Waals surface area contributed by atoms with E-state index in [0.717, 1.165) is 38.9 Å². The third-order valence-electron chi connectivity index (χ3n) is 7.78. The smallest absolute Gasteiger partial charge is 0.327 e. The van der Waals surface area contributed by atoms with Gasteiger partial charge in [-0.1, -0.05) is 61.7 Å². The summed E-state index contributed by atoms with van der Waals surface area (Å²) in [5.41, 5.74) is 0.564. The van der Waals surface area contributed by atoms with Crippen LogP contribution >= 0.6 is 0 Å². The third-order valence-corrected chi connectivity index (χ3v) is 7.78. The van der Waals surface area contributed by atoms with E-state index in [9.17, 15) is 14.4 Å². The molecule has 0 radical (unpaired) electrons. The zero-order valence-corrected chi connectivity index (χ0v) is 19.3. The molecule has 7 nitrogen and oxygen atoms in total. The largest absolute Gasteiger partial charge is 0.339 e. The van der Waals surface area contributed by atoms with E-state index in [2.05, 4.69) is 47.4 Å². The Morgan fingerprint density at radius 2 is 1.61 bits per heavy atom. The average molecular weight is 449 g/mol. The van der Waals surface area contributed by atoms with Gasteiger partial charge >= 0.3 is 6.03 Å². The lowest BCUT2D eigenvalue weighted by Gasteiger charge is -2.36. The van der Waals surface area contributed by atoms with Crippen molar-refractivity contribution < 1.29 is 14.4 Å². The van der Waals surface area contributed by atoms with Gasteiger partial charge in [0.25, 0.3) is 5.91 Å². The van der Waals surface area contributed by atoms with Gasteiger partial charge in [-0.2, -0.15) is 0 Å². The molecule has 174 valence electrons. The summed E-state index contributed by atoms with van der Waals surface area (Å²) < 4.78 is 0. The summed E-state index contributed by atoms with van der Waals surface area (Å²) in [6.07, 6.45) is 4.39. The summed E-state index contributed by atoms with van der Waals surface area (Å²) in [6.45, 7) is 3.48. The molecule has 1 spiro atoms. The Morgan fingerprint density at radius 3 is 2.36 bits per heavy atom. The van der Waals surface area contributed by atoms with Gasteiger partial charge in [0.15, 0.2) is 0 Å². The Bertz CT molecular complexity index is 1060. The van der Waals surface area contributed by atoms with Gasteiger partial charge in [-0.15, -0.1) is 0 Å². The van der Waals surface area contributed by atoms with Crippen LogP contribution in [0.5, 0.6) is 0 Å². The number of fused-ring (bicyclic) bond motifs is 1. The molecule has 33 heavy (non-hydrogen) atoms. The van der Waals surface area contributed by atoms with E-state index in [1.54, 1.807) is 16.8 Å². The standard InChI is InChI=1S/C26H32N4O3/c1-27-25(33)30(24(32)26(27)12-5-2-6-13-26)19-23(31)29-16-14-28(15-17-29)18-21-10-7-9-20-8-3-4-11-22(20)21/h3-4,7-11H,2,5-6,12-19H2,1H3. The number of likely N-dealkylation sites (N-methyl/N-ethyl adjacent to an activating group) is 1. The van der Waals surface area contributed by atoms with Crippen LogP contribution in [-0.4, -0.2) is 82.8 Å². The highest BCUT2D eigenvalue weighted by Crippen LogP contribution is 2.39. The number of carbonyl (C=O) groups is 3. The number of hydrogen-bond acceptors (Lipinski definition) is 4. The first-order valence-electron chi connectivity index (χ1n) is 12.1. The molecule has 7 heteroatoms. The molecule has 2 heterocycles. The fourth-order valence-corrected chi connectivity index (χ4v) is 5.73. The molecule has 0 unspecified atom stereocenters. The van der Waals surface area contributed by atoms with Crippen molar-refractivity contribution >= 4 is 28.6 Å². The molecule has 1 saturated carbocycles. The monoisotopic (exact) mass is 448 g/mol. The molecule has 3 fully saturated rings. The molecule has 0 atom stereocenters. The topological polar surface area (TPSA) is 64.2 Å². The van der Waals surface area contributed by atoms with E-state index in [4.69, 9.17) is 0 Å². The third kappa shape index (κ3) is 3.88. The van der Waals surface area contributed by atoms with E-state index >= 15 is 0 Å². The predicted octanol–water partition coefficient (Wildman–Crippen LogP) is 3.08. The van der Waals surface area contributed by atoms with Gasteiger partial charge in [-0.05, 0) is 29.2 Å². The summed E-state index contributed by atoms with van der Waals surface area (Å²) in [4.78, 5) is 45.9. The highest BCUT2D eigenvalue weighted by atomic mass is 16.2. The van der Waals surface area contributed by atoms with Crippen LogP contribution in [0.25, 0.3) is 10.8 Å². The summed E-state index contributed by atoms with van der Waals surface area (Å²) in [6, 6.07) is 14.5. The molecule has 4 amide bonds. The van der Waals surface area contributed by atoms with Crippen LogP contribution in [0.1, 0.15) is 37.7 Å². The van der Waals surface area contributed by atoms with Crippen molar-refractivity contribution in [3.05, 3.63) is 48.0 Å². The lowest BCUT2D eigenvalue weighted by molar-refractivity contribution is -0.141. The van der Waals surface area contributed by atoms with Crippen LogP contribution in [0.15, 0.2) is 42.5 Å². The van der Waals surface area contributed by atoms with Crippen LogP contribution in [-0.2, 0) is 16.1 Å². The second-order valence-electron chi connectivity index (χ2n) is 9.62. The number of rotatable bonds is 4. The zero-order valence-electron chi connectivity index (χ0n) is 19.3. The number of amides is 4. The van der Waals surface area contributed by atoms with E-state index < -0.39 is 5.54 Å². The van der Waals surface area contributed by atoms with Crippen LogP contribution < -0.4 is 0 Å². The molecule has 2 saturated heterocycles. The van der Waals surface area contributed by atoms with E-state index in [1.165, 1.54) is 21.2 Å². The second kappa shape index (κ2) is 8.78. The normalized spacial score (nSPS) is 21.4. The zero-order chi connectivity index (χ0) is 23.0. The van der Waals surface area contributed by atoms with Crippen molar-refractivity contribution in [3.63, 3.8) is 0 Å². The van der Waals surface area contributed by atoms with E-state index in [0.29, 0.717) is 25.9 Å². The van der Waals surface area contributed by atoms with E-state index in [1.807, 2.05) is 0 Å².